The predicted octanol–water partition coefficient (Wildman–Crippen LogP) is 2.51. The van der Waals surface area contributed by atoms with Gasteiger partial charge in [-0.1, -0.05) is 18.2 Å². The van der Waals surface area contributed by atoms with Crippen LogP contribution in [0.5, 0.6) is 0 Å². The lowest BCUT2D eigenvalue weighted by Gasteiger charge is -2.41. The zero-order chi connectivity index (χ0) is 22.4. The summed E-state index contributed by atoms with van der Waals surface area (Å²) >= 11 is 0. The maximum Gasteiger partial charge on any atom is 0.237 e. The lowest BCUT2D eigenvalue weighted by atomic mass is 10.1. The normalized spacial score (nSPS) is 22.5. The molecule has 2 saturated heterocycles. The quantitative estimate of drug-likeness (QED) is 0.607. The summed E-state index contributed by atoms with van der Waals surface area (Å²) in [5, 5.41) is 0. The molecule has 3 aliphatic heterocycles. The molecule has 0 saturated carbocycles. The number of halogens is 1. The van der Waals surface area contributed by atoms with E-state index in [0.717, 1.165) is 42.9 Å². The Balaban J connectivity index is 1.10. The van der Waals surface area contributed by atoms with Crippen molar-refractivity contribution in [2.24, 2.45) is 0 Å². The molecule has 0 radical (unpaired) electrons. The van der Waals surface area contributed by atoms with E-state index < -0.39 is 5.82 Å². The standard InChI is InChI=1S/C24H25FN6O2/c25-17-10-26-24(27-11-17)31-18-6-7-19(31)13-29(12-18)15-22(32)30-9-8-21-20(14-30)28-23(33-21)16-4-2-1-3-5-16/h1-5,10-11,18-19H,6-9,12-15H2. The van der Waals surface area contributed by atoms with Gasteiger partial charge in [0.2, 0.25) is 17.7 Å². The largest absolute Gasteiger partial charge is 0.441 e. The molecule has 0 spiro atoms. The molecule has 2 unspecified atom stereocenters. The molecular formula is C24H25FN6O2. The highest BCUT2D eigenvalue weighted by molar-refractivity contribution is 5.78. The average Bonchev–Trinajstić information content (AvgIpc) is 3.38. The average molecular weight is 449 g/mol. The monoisotopic (exact) mass is 448 g/mol. The van der Waals surface area contributed by atoms with Gasteiger partial charge in [-0.15, -0.1) is 0 Å². The Morgan fingerprint density at radius 3 is 2.55 bits per heavy atom. The van der Waals surface area contributed by atoms with Gasteiger partial charge in [0, 0.05) is 43.7 Å². The number of aromatic nitrogens is 3. The van der Waals surface area contributed by atoms with Gasteiger partial charge in [-0.25, -0.2) is 19.3 Å². The minimum absolute atomic E-state index is 0.121. The Labute approximate surface area is 191 Å². The highest BCUT2D eigenvalue weighted by Crippen LogP contribution is 2.33. The lowest BCUT2D eigenvalue weighted by Crippen LogP contribution is -2.56. The van der Waals surface area contributed by atoms with Crippen LogP contribution in [-0.2, 0) is 17.8 Å². The lowest BCUT2D eigenvalue weighted by molar-refractivity contribution is -0.133. The molecule has 1 aromatic carbocycles. The molecule has 2 aromatic heterocycles. The second kappa shape index (κ2) is 8.22. The molecule has 2 atom stereocenters. The molecule has 1 amide bonds. The number of nitrogens with zero attached hydrogens (tertiary/aromatic N) is 6. The van der Waals surface area contributed by atoms with Gasteiger partial charge >= 0.3 is 0 Å². The van der Waals surface area contributed by atoms with Crippen LogP contribution in [0.25, 0.3) is 11.5 Å². The van der Waals surface area contributed by atoms with Crippen LogP contribution in [0.4, 0.5) is 10.3 Å². The first kappa shape index (κ1) is 20.3. The summed E-state index contributed by atoms with van der Waals surface area (Å²) < 4.78 is 19.2. The molecule has 9 heteroatoms. The fraction of sp³-hybridized carbons (Fsp3) is 0.417. The van der Waals surface area contributed by atoms with E-state index in [9.17, 15) is 9.18 Å². The molecule has 5 heterocycles. The van der Waals surface area contributed by atoms with Gasteiger partial charge in [-0.05, 0) is 25.0 Å². The predicted molar refractivity (Wildman–Crippen MR) is 119 cm³/mol. The molecule has 3 aliphatic rings. The van der Waals surface area contributed by atoms with E-state index in [4.69, 9.17) is 4.42 Å². The van der Waals surface area contributed by atoms with Crippen molar-refractivity contribution in [3.63, 3.8) is 0 Å². The van der Waals surface area contributed by atoms with Gasteiger partial charge in [0.1, 0.15) is 11.5 Å². The van der Waals surface area contributed by atoms with Gasteiger partial charge in [-0.3, -0.25) is 9.69 Å². The second-order valence-corrected chi connectivity index (χ2v) is 9.01. The van der Waals surface area contributed by atoms with Crippen molar-refractivity contribution in [3.8, 4) is 11.5 Å². The van der Waals surface area contributed by atoms with Crippen molar-refractivity contribution in [3.05, 3.63) is 60.0 Å². The van der Waals surface area contributed by atoms with Crippen LogP contribution < -0.4 is 4.90 Å². The third-order valence-electron chi connectivity index (χ3n) is 6.86. The molecule has 0 N–H and O–H groups in total. The van der Waals surface area contributed by atoms with Crippen LogP contribution in [0.15, 0.2) is 47.1 Å². The Morgan fingerprint density at radius 1 is 1.09 bits per heavy atom. The topological polar surface area (TPSA) is 78.6 Å². The number of fused-ring (bicyclic) bond motifs is 3. The fourth-order valence-electron chi connectivity index (χ4n) is 5.29. The molecule has 33 heavy (non-hydrogen) atoms. The SMILES string of the molecule is O=C(CN1CC2CCC(C1)N2c1ncc(F)cn1)N1CCc2oc(-c3ccccc3)nc2C1. The third-order valence-corrected chi connectivity index (χ3v) is 6.86. The summed E-state index contributed by atoms with van der Waals surface area (Å²) in [7, 11) is 0. The third kappa shape index (κ3) is 3.86. The summed E-state index contributed by atoms with van der Waals surface area (Å²) in [6.07, 6.45) is 5.18. The minimum Gasteiger partial charge on any atom is -0.441 e. The molecule has 0 aliphatic carbocycles. The zero-order valence-corrected chi connectivity index (χ0v) is 18.2. The van der Waals surface area contributed by atoms with Crippen molar-refractivity contribution in [1.82, 2.24) is 24.8 Å². The highest BCUT2D eigenvalue weighted by atomic mass is 19.1. The van der Waals surface area contributed by atoms with E-state index in [1.165, 1.54) is 12.4 Å². The first-order valence-corrected chi connectivity index (χ1v) is 11.4. The Bertz CT molecular complexity index is 1140. The molecule has 2 bridgehead atoms. The number of anilines is 1. The Hall–Kier alpha value is -3.33. The highest BCUT2D eigenvalue weighted by Gasteiger charge is 2.42. The summed E-state index contributed by atoms with van der Waals surface area (Å²) in [4.78, 5) is 32.5. The fourth-order valence-corrected chi connectivity index (χ4v) is 5.29. The van der Waals surface area contributed by atoms with Crippen molar-refractivity contribution in [2.45, 2.75) is 37.9 Å². The molecule has 3 aromatic rings. The van der Waals surface area contributed by atoms with Gasteiger partial charge in [0.25, 0.3) is 0 Å². The van der Waals surface area contributed by atoms with E-state index in [-0.39, 0.29) is 18.0 Å². The number of amides is 1. The van der Waals surface area contributed by atoms with Gasteiger partial charge < -0.3 is 14.2 Å². The number of rotatable bonds is 4. The van der Waals surface area contributed by atoms with Crippen LogP contribution in [0.2, 0.25) is 0 Å². The molecule has 6 rings (SSSR count). The molecule has 2 fully saturated rings. The molecular weight excluding hydrogens is 423 g/mol. The van der Waals surface area contributed by atoms with Crippen molar-refractivity contribution in [1.29, 1.82) is 0 Å². The maximum atomic E-state index is 13.2. The summed E-state index contributed by atoms with van der Waals surface area (Å²) in [6, 6.07) is 10.3. The van der Waals surface area contributed by atoms with Crippen LogP contribution in [0, 0.1) is 5.82 Å². The van der Waals surface area contributed by atoms with E-state index >= 15 is 0 Å². The number of piperazine rings is 1. The van der Waals surface area contributed by atoms with Crippen LogP contribution in [0.3, 0.4) is 0 Å². The van der Waals surface area contributed by atoms with Crippen molar-refractivity contribution in [2.75, 3.05) is 31.1 Å². The summed E-state index contributed by atoms with van der Waals surface area (Å²) in [5.41, 5.74) is 1.80. The van der Waals surface area contributed by atoms with E-state index in [1.807, 2.05) is 35.2 Å². The summed E-state index contributed by atoms with van der Waals surface area (Å²) in [6.45, 7) is 3.09. The van der Waals surface area contributed by atoms with E-state index in [1.54, 1.807) is 0 Å². The number of hydrogen-bond acceptors (Lipinski definition) is 7. The van der Waals surface area contributed by atoms with Gasteiger partial charge in [0.15, 0.2) is 5.82 Å². The van der Waals surface area contributed by atoms with Crippen LogP contribution in [-0.4, -0.2) is 68.9 Å². The zero-order valence-electron chi connectivity index (χ0n) is 18.2. The molecule has 8 nitrogen and oxygen atoms in total. The van der Waals surface area contributed by atoms with Crippen LogP contribution in [0.1, 0.15) is 24.3 Å². The Kier molecular flexibility index (Phi) is 5.05. The molecule has 170 valence electrons. The maximum absolute atomic E-state index is 13.2. The van der Waals surface area contributed by atoms with Crippen LogP contribution >= 0.6 is 0 Å². The second-order valence-electron chi connectivity index (χ2n) is 9.01. The first-order valence-electron chi connectivity index (χ1n) is 11.4. The smallest absolute Gasteiger partial charge is 0.237 e. The van der Waals surface area contributed by atoms with Gasteiger partial charge in [0.05, 0.1) is 25.5 Å². The van der Waals surface area contributed by atoms with E-state index in [0.29, 0.717) is 37.9 Å². The number of benzene rings is 1. The van der Waals surface area contributed by atoms with E-state index in [2.05, 4.69) is 24.8 Å². The van der Waals surface area contributed by atoms with Crippen molar-refractivity contribution < 1.29 is 13.6 Å². The minimum atomic E-state index is -0.428. The number of likely N-dealkylation sites (tertiary alicyclic amines) is 1. The number of oxazole rings is 1. The Morgan fingerprint density at radius 2 is 1.82 bits per heavy atom. The number of carbonyl (C=O) groups excluding carboxylic acids is 1. The first-order chi connectivity index (χ1) is 16.1. The van der Waals surface area contributed by atoms with Gasteiger partial charge in [-0.2, -0.15) is 0 Å². The summed E-state index contributed by atoms with van der Waals surface area (Å²) in [5.74, 6) is 1.77. The number of hydrogen-bond donors (Lipinski definition) is 0. The number of carbonyl (C=O) groups is 1. The van der Waals surface area contributed by atoms with Crippen molar-refractivity contribution >= 4 is 11.9 Å².